The van der Waals surface area contributed by atoms with Crippen LogP contribution in [0.4, 0.5) is 5.69 Å². The lowest BCUT2D eigenvalue weighted by Gasteiger charge is -2.21. The van der Waals surface area contributed by atoms with Gasteiger partial charge >= 0.3 is 0 Å². The fourth-order valence-electron chi connectivity index (χ4n) is 2.98. The molecule has 0 aliphatic heterocycles. The number of furan rings is 1. The van der Waals surface area contributed by atoms with Gasteiger partial charge in [-0.25, -0.2) is 0 Å². The minimum atomic E-state index is -0.0200. The summed E-state index contributed by atoms with van der Waals surface area (Å²) in [6, 6.07) is 21.9. The highest BCUT2D eigenvalue weighted by Crippen LogP contribution is 2.16. The van der Waals surface area contributed by atoms with E-state index in [0.717, 1.165) is 23.4 Å². The largest absolute Gasteiger partial charge is 0.468 e. The molecule has 0 radical (unpaired) electrons. The zero-order chi connectivity index (χ0) is 18.2. The van der Waals surface area contributed by atoms with Crippen LogP contribution < -0.4 is 5.32 Å². The number of rotatable bonds is 8. The molecule has 0 aliphatic rings. The Morgan fingerprint density at radius 2 is 1.73 bits per heavy atom. The molecule has 2 aromatic carbocycles. The second-order valence-corrected chi connectivity index (χ2v) is 6.27. The molecule has 3 aromatic rings. The first-order valence-electron chi connectivity index (χ1n) is 8.91. The lowest BCUT2D eigenvalue weighted by molar-refractivity contribution is -0.117. The SMILES string of the molecule is CCc1ccccc1NC(=O)CN(Cc1ccccc1)Cc1ccco1. The van der Waals surface area contributed by atoms with Gasteiger partial charge in [-0.2, -0.15) is 0 Å². The van der Waals surface area contributed by atoms with Gasteiger partial charge in [0.2, 0.25) is 5.91 Å². The summed E-state index contributed by atoms with van der Waals surface area (Å²) in [5, 5.41) is 3.05. The summed E-state index contributed by atoms with van der Waals surface area (Å²) in [7, 11) is 0. The first-order valence-corrected chi connectivity index (χ1v) is 8.91. The molecule has 0 bridgehead atoms. The highest BCUT2D eigenvalue weighted by molar-refractivity contribution is 5.93. The Morgan fingerprint density at radius 1 is 0.962 bits per heavy atom. The van der Waals surface area contributed by atoms with Crippen molar-refractivity contribution in [2.75, 3.05) is 11.9 Å². The summed E-state index contributed by atoms with van der Waals surface area (Å²) >= 11 is 0. The average molecular weight is 348 g/mol. The third-order valence-electron chi connectivity index (χ3n) is 4.25. The lowest BCUT2D eigenvalue weighted by atomic mass is 10.1. The Bertz CT molecular complexity index is 813. The van der Waals surface area contributed by atoms with Crippen LogP contribution in [0.3, 0.4) is 0 Å². The van der Waals surface area contributed by atoms with Crippen LogP contribution in [0.1, 0.15) is 23.8 Å². The number of amides is 1. The molecule has 4 heteroatoms. The Balaban J connectivity index is 1.68. The van der Waals surface area contributed by atoms with E-state index in [0.29, 0.717) is 19.6 Å². The lowest BCUT2D eigenvalue weighted by Crippen LogP contribution is -2.32. The number of nitrogens with one attached hydrogen (secondary N) is 1. The zero-order valence-electron chi connectivity index (χ0n) is 15.0. The molecule has 1 N–H and O–H groups in total. The van der Waals surface area contributed by atoms with Gasteiger partial charge in [-0.1, -0.05) is 55.5 Å². The molecular formula is C22H24N2O2. The normalized spacial score (nSPS) is 10.8. The second kappa shape index (κ2) is 9.02. The summed E-state index contributed by atoms with van der Waals surface area (Å²) in [5.74, 6) is 0.830. The smallest absolute Gasteiger partial charge is 0.238 e. The van der Waals surface area contributed by atoms with Crippen LogP contribution in [-0.2, 0) is 24.3 Å². The number of para-hydroxylation sites is 1. The van der Waals surface area contributed by atoms with Crippen LogP contribution in [0.25, 0.3) is 0 Å². The van der Waals surface area contributed by atoms with Gasteiger partial charge in [0.05, 0.1) is 19.4 Å². The highest BCUT2D eigenvalue weighted by Gasteiger charge is 2.14. The fourth-order valence-corrected chi connectivity index (χ4v) is 2.98. The quantitative estimate of drug-likeness (QED) is 0.653. The second-order valence-electron chi connectivity index (χ2n) is 6.27. The van der Waals surface area contributed by atoms with E-state index in [1.807, 2.05) is 54.6 Å². The topological polar surface area (TPSA) is 45.5 Å². The monoisotopic (exact) mass is 348 g/mol. The van der Waals surface area contributed by atoms with E-state index < -0.39 is 0 Å². The van der Waals surface area contributed by atoms with E-state index in [1.165, 1.54) is 5.56 Å². The first-order chi connectivity index (χ1) is 12.7. The van der Waals surface area contributed by atoms with Gasteiger partial charge in [-0.05, 0) is 35.7 Å². The Labute approximate surface area is 154 Å². The van der Waals surface area contributed by atoms with Crippen molar-refractivity contribution in [1.29, 1.82) is 0 Å². The van der Waals surface area contributed by atoms with Crippen molar-refractivity contribution >= 4 is 11.6 Å². The summed E-state index contributed by atoms with van der Waals surface area (Å²) < 4.78 is 5.46. The molecule has 0 atom stereocenters. The summed E-state index contributed by atoms with van der Waals surface area (Å²) in [6.45, 7) is 3.66. The van der Waals surface area contributed by atoms with Crippen LogP contribution in [-0.4, -0.2) is 17.4 Å². The van der Waals surface area contributed by atoms with Crippen LogP contribution in [0.2, 0.25) is 0 Å². The molecule has 0 fully saturated rings. The van der Waals surface area contributed by atoms with E-state index in [-0.39, 0.29) is 5.91 Å². The van der Waals surface area contributed by atoms with Crippen LogP contribution in [0, 0.1) is 0 Å². The number of nitrogens with zero attached hydrogens (tertiary/aromatic N) is 1. The molecule has 0 saturated heterocycles. The summed E-state index contributed by atoms with van der Waals surface area (Å²) in [5.41, 5.74) is 3.19. The fraction of sp³-hybridized carbons (Fsp3) is 0.227. The van der Waals surface area contributed by atoms with Gasteiger partial charge < -0.3 is 9.73 Å². The number of aryl methyl sites for hydroxylation is 1. The molecule has 0 spiro atoms. The number of carbonyl (C=O) groups is 1. The molecular weight excluding hydrogens is 324 g/mol. The number of anilines is 1. The molecule has 26 heavy (non-hydrogen) atoms. The Kier molecular flexibility index (Phi) is 6.23. The third-order valence-corrected chi connectivity index (χ3v) is 4.25. The summed E-state index contributed by atoms with van der Waals surface area (Å²) in [6.07, 6.45) is 2.55. The average Bonchev–Trinajstić information content (AvgIpc) is 3.16. The Morgan fingerprint density at radius 3 is 2.46 bits per heavy atom. The minimum Gasteiger partial charge on any atom is -0.468 e. The molecule has 0 saturated carbocycles. The maximum Gasteiger partial charge on any atom is 0.238 e. The third kappa shape index (κ3) is 5.07. The molecule has 3 rings (SSSR count). The molecule has 1 heterocycles. The molecule has 134 valence electrons. The maximum absolute atomic E-state index is 12.6. The molecule has 0 aliphatic carbocycles. The Hall–Kier alpha value is -2.85. The minimum absolute atomic E-state index is 0.0200. The number of hydrogen-bond donors (Lipinski definition) is 1. The van der Waals surface area contributed by atoms with Crippen LogP contribution >= 0.6 is 0 Å². The molecule has 0 unspecified atom stereocenters. The van der Waals surface area contributed by atoms with Crippen molar-refractivity contribution in [2.24, 2.45) is 0 Å². The highest BCUT2D eigenvalue weighted by atomic mass is 16.3. The van der Waals surface area contributed by atoms with Crippen molar-refractivity contribution in [2.45, 2.75) is 26.4 Å². The number of hydrogen-bond acceptors (Lipinski definition) is 3. The van der Waals surface area contributed by atoms with Crippen molar-refractivity contribution in [1.82, 2.24) is 4.90 Å². The zero-order valence-corrected chi connectivity index (χ0v) is 15.0. The van der Waals surface area contributed by atoms with Crippen molar-refractivity contribution < 1.29 is 9.21 Å². The van der Waals surface area contributed by atoms with Crippen molar-refractivity contribution in [3.63, 3.8) is 0 Å². The van der Waals surface area contributed by atoms with Gasteiger partial charge in [0.15, 0.2) is 0 Å². The van der Waals surface area contributed by atoms with E-state index in [4.69, 9.17) is 4.42 Å². The standard InChI is InChI=1S/C22H24N2O2/c1-2-19-11-6-7-13-21(19)23-22(25)17-24(16-20-12-8-14-26-20)15-18-9-4-3-5-10-18/h3-14H,2,15-17H2,1H3,(H,23,25). The maximum atomic E-state index is 12.6. The van der Waals surface area contributed by atoms with E-state index in [9.17, 15) is 4.79 Å². The van der Waals surface area contributed by atoms with Gasteiger partial charge in [0, 0.05) is 12.2 Å². The first kappa shape index (κ1) is 18.0. The van der Waals surface area contributed by atoms with Gasteiger partial charge in [0.1, 0.15) is 5.76 Å². The van der Waals surface area contributed by atoms with Crippen LogP contribution in [0.15, 0.2) is 77.4 Å². The van der Waals surface area contributed by atoms with E-state index in [2.05, 4.69) is 29.3 Å². The van der Waals surface area contributed by atoms with Crippen molar-refractivity contribution in [3.05, 3.63) is 89.9 Å². The predicted molar refractivity (Wildman–Crippen MR) is 104 cm³/mol. The number of benzene rings is 2. The molecule has 1 amide bonds. The van der Waals surface area contributed by atoms with Gasteiger partial charge in [0.25, 0.3) is 0 Å². The van der Waals surface area contributed by atoms with E-state index in [1.54, 1.807) is 6.26 Å². The summed E-state index contributed by atoms with van der Waals surface area (Å²) in [4.78, 5) is 14.7. The van der Waals surface area contributed by atoms with Crippen molar-refractivity contribution in [3.8, 4) is 0 Å². The predicted octanol–water partition coefficient (Wildman–Crippen LogP) is 4.48. The number of carbonyl (C=O) groups excluding carboxylic acids is 1. The van der Waals surface area contributed by atoms with Gasteiger partial charge in [-0.15, -0.1) is 0 Å². The van der Waals surface area contributed by atoms with E-state index >= 15 is 0 Å². The van der Waals surface area contributed by atoms with Crippen LogP contribution in [0.5, 0.6) is 0 Å². The van der Waals surface area contributed by atoms with Gasteiger partial charge in [-0.3, -0.25) is 9.69 Å². The molecule has 1 aromatic heterocycles. The molecule has 4 nitrogen and oxygen atoms in total.